The van der Waals surface area contributed by atoms with Crippen molar-refractivity contribution >= 4 is 17.5 Å². The third kappa shape index (κ3) is 3.13. The molecular weight excluding hydrogens is 383 g/mol. The number of nitrogens with zero attached hydrogens (tertiary/aromatic N) is 3. The SMILES string of the molecule is COc1cc(-c2nnc3n2NC(c2ccc(F)cc2)=CS3)cc(OC)c1OC. The van der Waals surface area contributed by atoms with Gasteiger partial charge in [-0.1, -0.05) is 11.8 Å². The van der Waals surface area contributed by atoms with E-state index in [0.717, 1.165) is 16.8 Å². The van der Waals surface area contributed by atoms with Gasteiger partial charge in [0.15, 0.2) is 17.3 Å². The molecular formula is C19H17FN4O3S. The van der Waals surface area contributed by atoms with Gasteiger partial charge < -0.3 is 14.2 Å². The largest absolute Gasteiger partial charge is 0.493 e. The van der Waals surface area contributed by atoms with E-state index >= 15 is 0 Å². The standard InChI is InChI=1S/C19H17FN4O3S/c1-25-15-8-12(9-16(26-2)17(15)27-3)18-21-22-19-24(18)23-14(10-28-19)11-4-6-13(20)7-5-11/h4-10,23H,1-3H3. The van der Waals surface area contributed by atoms with E-state index in [1.54, 1.807) is 50.3 Å². The molecule has 28 heavy (non-hydrogen) atoms. The summed E-state index contributed by atoms with van der Waals surface area (Å²) in [5.41, 5.74) is 5.68. The molecule has 2 aromatic carbocycles. The Bertz CT molecular complexity index is 1020. The lowest BCUT2D eigenvalue weighted by Gasteiger charge is -2.20. The zero-order valence-electron chi connectivity index (χ0n) is 15.4. The Hall–Kier alpha value is -3.20. The summed E-state index contributed by atoms with van der Waals surface area (Å²) in [6, 6.07) is 9.88. The summed E-state index contributed by atoms with van der Waals surface area (Å²) >= 11 is 1.42. The highest BCUT2D eigenvalue weighted by atomic mass is 32.2. The van der Waals surface area contributed by atoms with Crippen LogP contribution in [0.1, 0.15) is 5.56 Å². The van der Waals surface area contributed by atoms with Gasteiger partial charge in [-0.05, 0) is 36.4 Å². The molecule has 1 aromatic heterocycles. The fourth-order valence-corrected chi connectivity index (χ4v) is 3.60. The van der Waals surface area contributed by atoms with E-state index in [9.17, 15) is 4.39 Å². The van der Waals surface area contributed by atoms with Crippen molar-refractivity contribution in [3.8, 4) is 28.6 Å². The van der Waals surface area contributed by atoms with Gasteiger partial charge in [-0.15, -0.1) is 10.2 Å². The minimum Gasteiger partial charge on any atom is -0.493 e. The summed E-state index contributed by atoms with van der Waals surface area (Å²) in [6.45, 7) is 0. The van der Waals surface area contributed by atoms with Crippen molar-refractivity contribution in [2.45, 2.75) is 5.16 Å². The van der Waals surface area contributed by atoms with E-state index in [-0.39, 0.29) is 5.82 Å². The van der Waals surface area contributed by atoms with Crippen molar-refractivity contribution in [3.63, 3.8) is 0 Å². The first kappa shape index (κ1) is 18.2. The highest BCUT2D eigenvalue weighted by Crippen LogP contribution is 2.41. The maximum Gasteiger partial charge on any atom is 0.214 e. The number of nitrogens with one attached hydrogen (secondary N) is 1. The average molecular weight is 400 g/mol. The highest BCUT2D eigenvalue weighted by molar-refractivity contribution is 8.02. The average Bonchev–Trinajstić information content (AvgIpc) is 3.16. The van der Waals surface area contributed by atoms with Crippen LogP contribution >= 0.6 is 11.8 Å². The van der Waals surface area contributed by atoms with Crippen LogP contribution in [0.15, 0.2) is 47.0 Å². The first-order valence-electron chi connectivity index (χ1n) is 8.30. The van der Waals surface area contributed by atoms with Crippen LogP contribution in [0.5, 0.6) is 17.2 Å². The van der Waals surface area contributed by atoms with Crippen molar-refractivity contribution < 1.29 is 18.6 Å². The highest BCUT2D eigenvalue weighted by Gasteiger charge is 2.22. The number of thioether (sulfide) groups is 1. The third-order valence-corrected chi connectivity index (χ3v) is 5.05. The minimum atomic E-state index is -0.282. The molecule has 1 N–H and O–H groups in total. The fraction of sp³-hybridized carbons (Fsp3) is 0.158. The van der Waals surface area contributed by atoms with Crippen LogP contribution < -0.4 is 19.6 Å². The summed E-state index contributed by atoms with van der Waals surface area (Å²) < 4.78 is 31.2. The molecule has 0 radical (unpaired) electrons. The van der Waals surface area contributed by atoms with Crippen LogP contribution in [0.2, 0.25) is 0 Å². The molecule has 4 rings (SSSR count). The molecule has 2 heterocycles. The molecule has 0 atom stereocenters. The second kappa shape index (κ2) is 7.43. The summed E-state index contributed by atoms with van der Waals surface area (Å²) in [7, 11) is 4.67. The van der Waals surface area contributed by atoms with E-state index < -0.39 is 0 Å². The summed E-state index contributed by atoms with van der Waals surface area (Å²) in [5.74, 6) is 1.84. The van der Waals surface area contributed by atoms with Gasteiger partial charge in [0.05, 0.1) is 27.0 Å². The predicted molar refractivity (Wildman–Crippen MR) is 105 cm³/mol. The molecule has 0 aliphatic carbocycles. The number of rotatable bonds is 5. The van der Waals surface area contributed by atoms with Gasteiger partial charge in [0, 0.05) is 16.5 Å². The van der Waals surface area contributed by atoms with E-state index in [4.69, 9.17) is 14.2 Å². The second-order valence-corrected chi connectivity index (χ2v) is 6.66. The van der Waals surface area contributed by atoms with Crippen LogP contribution in [-0.4, -0.2) is 36.2 Å². The lowest BCUT2D eigenvalue weighted by molar-refractivity contribution is 0.324. The van der Waals surface area contributed by atoms with Gasteiger partial charge in [-0.3, -0.25) is 5.43 Å². The van der Waals surface area contributed by atoms with E-state index in [2.05, 4.69) is 15.6 Å². The van der Waals surface area contributed by atoms with E-state index in [0.29, 0.717) is 28.2 Å². The number of aromatic nitrogens is 3. The molecule has 3 aromatic rings. The van der Waals surface area contributed by atoms with Crippen LogP contribution in [0.25, 0.3) is 17.1 Å². The Kier molecular flexibility index (Phi) is 4.82. The zero-order chi connectivity index (χ0) is 19.7. The Morgan fingerprint density at radius 3 is 2.21 bits per heavy atom. The normalized spacial score (nSPS) is 12.6. The molecule has 0 fully saturated rings. The second-order valence-electron chi connectivity index (χ2n) is 5.82. The topological polar surface area (TPSA) is 70.4 Å². The van der Waals surface area contributed by atoms with Crippen LogP contribution in [-0.2, 0) is 0 Å². The lowest BCUT2D eigenvalue weighted by Crippen LogP contribution is -2.18. The van der Waals surface area contributed by atoms with Crippen molar-refractivity contribution in [1.82, 2.24) is 14.9 Å². The molecule has 144 valence electrons. The number of fused-ring (bicyclic) bond motifs is 1. The van der Waals surface area contributed by atoms with Crippen LogP contribution in [0, 0.1) is 5.82 Å². The van der Waals surface area contributed by atoms with Gasteiger partial charge in [-0.2, -0.15) is 0 Å². The van der Waals surface area contributed by atoms with Crippen LogP contribution in [0.4, 0.5) is 4.39 Å². The Morgan fingerprint density at radius 2 is 1.61 bits per heavy atom. The summed E-state index contributed by atoms with van der Waals surface area (Å²) in [6.07, 6.45) is 0. The third-order valence-electron chi connectivity index (χ3n) is 4.23. The van der Waals surface area contributed by atoms with Crippen molar-refractivity contribution in [1.29, 1.82) is 0 Å². The van der Waals surface area contributed by atoms with Gasteiger partial charge >= 0.3 is 0 Å². The molecule has 7 nitrogen and oxygen atoms in total. The van der Waals surface area contributed by atoms with Crippen molar-refractivity contribution in [2.24, 2.45) is 0 Å². The van der Waals surface area contributed by atoms with Crippen molar-refractivity contribution in [3.05, 3.63) is 53.2 Å². The number of hydrogen-bond acceptors (Lipinski definition) is 7. The molecule has 0 saturated carbocycles. The van der Waals surface area contributed by atoms with E-state index in [1.165, 1.54) is 23.9 Å². The first-order chi connectivity index (χ1) is 13.6. The van der Waals surface area contributed by atoms with Crippen LogP contribution in [0.3, 0.4) is 0 Å². The predicted octanol–water partition coefficient (Wildman–Crippen LogP) is 3.76. The lowest BCUT2D eigenvalue weighted by atomic mass is 10.1. The molecule has 0 bridgehead atoms. The Labute approximate surface area is 165 Å². The van der Waals surface area contributed by atoms with E-state index in [1.807, 2.05) is 5.41 Å². The first-order valence-corrected chi connectivity index (χ1v) is 9.18. The Balaban J connectivity index is 1.74. The minimum absolute atomic E-state index is 0.282. The molecule has 0 saturated heterocycles. The monoisotopic (exact) mass is 400 g/mol. The number of methoxy groups -OCH3 is 3. The van der Waals surface area contributed by atoms with Gasteiger partial charge in [0.1, 0.15) is 5.82 Å². The molecule has 1 aliphatic heterocycles. The van der Waals surface area contributed by atoms with Gasteiger partial charge in [-0.25, -0.2) is 9.07 Å². The number of halogens is 1. The molecule has 1 aliphatic rings. The quantitative estimate of drug-likeness (QED) is 0.699. The molecule has 0 unspecified atom stereocenters. The number of hydrogen-bond donors (Lipinski definition) is 1. The molecule has 0 amide bonds. The maximum atomic E-state index is 13.2. The smallest absolute Gasteiger partial charge is 0.214 e. The van der Waals surface area contributed by atoms with Crippen molar-refractivity contribution in [2.75, 3.05) is 26.8 Å². The van der Waals surface area contributed by atoms with Gasteiger partial charge in [0.25, 0.3) is 0 Å². The molecule has 9 heteroatoms. The van der Waals surface area contributed by atoms with Gasteiger partial charge in [0.2, 0.25) is 10.9 Å². The maximum absolute atomic E-state index is 13.2. The number of benzene rings is 2. The Morgan fingerprint density at radius 1 is 0.929 bits per heavy atom. The summed E-state index contributed by atoms with van der Waals surface area (Å²) in [5, 5.41) is 11.1. The fourth-order valence-electron chi connectivity index (χ4n) is 2.86. The molecule has 0 spiro atoms. The summed E-state index contributed by atoms with van der Waals surface area (Å²) in [4.78, 5) is 0. The number of ether oxygens (including phenoxy) is 3. The zero-order valence-corrected chi connectivity index (χ0v) is 16.2.